The lowest BCUT2D eigenvalue weighted by Crippen LogP contribution is -2.51. The van der Waals surface area contributed by atoms with E-state index in [-0.39, 0.29) is 25.5 Å². The van der Waals surface area contributed by atoms with Crippen molar-refractivity contribution in [3.63, 3.8) is 0 Å². The van der Waals surface area contributed by atoms with Crippen molar-refractivity contribution in [3.8, 4) is 5.75 Å². The quantitative estimate of drug-likeness (QED) is 0.417. The summed E-state index contributed by atoms with van der Waals surface area (Å²) in [6.45, 7) is 2.07. The van der Waals surface area contributed by atoms with E-state index in [1.165, 1.54) is 11.0 Å². The Kier molecular flexibility index (Phi) is 9.47. The zero-order valence-electron chi connectivity index (χ0n) is 19.0. The maximum atomic E-state index is 14.5. The molecule has 0 saturated carbocycles. The lowest BCUT2D eigenvalue weighted by Gasteiger charge is -2.31. The third-order valence-electron chi connectivity index (χ3n) is 5.29. The molecule has 7 heteroatoms. The number of nitrogens with zero attached hydrogens (tertiary/aromatic N) is 1. The van der Waals surface area contributed by atoms with Gasteiger partial charge in [-0.1, -0.05) is 67.1 Å². The number of halogens is 2. The van der Waals surface area contributed by atoms with Crippen LogP contribution in [0.4, 0.5) is 4.39 Å². The van der Waals surface area contributed by atoms with E-state index in [2.05, 4.69) is 5.32 Å². The molecule has 0 aromatic heterocycles. The van der Waals surface area contributed by atoms with Gasteiger partial charge in [-0.15, -0.1) is 0 Å². The first-order valence-corrected chi connectivity index (χ1v) is 11.6. The van der Waals surface area contributed by atoms with Crippen molar-refractivity contribution in [3.05, 3.63) is 101 Å². The summed E-state index contributed by atoms with van der Waals surface area (Å²) in [5, 5.41) is 3.44. The summed E-state index contributed by atoms with van der Waals surface area (Å²) >= 11 is 5.91. The summed E-state index contributed by atoms with van der Waals surface area (Å²) in [5.74, 6) is -0.683. The van der Waals surface area contributed by atoms with Crippen LogP contribution in [0.5, 0.6) is 5.75 Å². The third-order valence-corrected chi connectivity index (χ3v) is 5.55. The maximum absolute atomic E-state index is 14.5. The number of hydrogen-bond acceptors (Lipinski definition) is 3. The van der Waals surface area contributed by atoms with Gasteiger partial charge < -0.3 is 15.0 Å². The summed E-state index contributed by atoms with van der Waals surface area (Å²) in [5.41, 5.74) is 1.22. The first kappa shape index (κ1) is 25.2. The van der Waals surface area contributed by atoms with E-state index in [0.29, 0.717) is 22.9 Å². The van der Waals surface area contributed by atoms with Crippen LogP contribution in [-0.2, 0) is 22.6 Å². The molecule has 1 N–H and O–H groups in total. The average molecular weight is 483 g/mol. The smallest absolute Gasteiger partial charge is 0.261 e. The first-order chi connectivity index (χ1) is 16.5. The second-order valence-electron chi connectivity index (χ2n) is 7.85. The van der Waals surface area contributed by atoms with Crippen LogP contribution in [0.3, 0.4) is 0 Å². The van der Waals surface area contributed by atoms with Crippen LogP contribution in [-0.4, -0.2) is 35.9 Å². The van der Waals surface area contributed by atoms with Gasteiger partial charge in [-0.2, -0.15) is 0 Å². The number of nitrogens with one attached hydrogen (secondary N) is 1. The number of amides is 2. The fraction of sp³-hybridized carbons (Fsp3) is 0.259. The largest absolute Gasteiger partial charge is 0.484 e. The molecule has 1 atom stereocenters. The van der Waals surface area contributed by atoms with E-state index in [4.69, 9.17) is 16.3 Å². The summed E-state index contributed by atoms with van der Waals surface area (Å²) < 4.78 is 20.2. The highest BCUT2D eigenvalue weighted by molar-refractivity contribution is 6.30. The van der Waals surface area contributed by atoms with Crippen LogP contribution < -0.4 is 10.1 Å². The summed E-state index contributed by atoms with van der Waals surface area (Å²) in [7, 11) is 0. The maximum Gasteiger partial charge on any atom is 0.261 e. The molecule has 0 bridgehead atoms. The van der Waals surface area contributed by atoms with E-state index in [1.54, 1.807) is 42.5 Å². The molecule has 0 aliphatic heterocycles. The van der Waals surface area contributed by atoms with Gasteiger partial charge in [-0.25, -0.2) is 4.39 Å². The predicted molar refractivity (Wildman–Crippen MR) is 131 cm³/mol. The minimum atomic E-state index is -0.838. The number of rotatable bonds is 11. The fourth-order valence-corrected chi connectivity index (χ4v) is 3.61. The van der Waals surface area contributed by atoms with Crippen molar-refractivity contribution in [2.24, 2.45) is 0 Å². The van der Waals surface area contributed by atoms with Crippen LogP contribution >= 0.6 is 11.6 Å². The number of hydrogen-bond donors (Lipinski definition) is 1. The van der Waals surface area contributed by atoms with Crippen molar-refractivity contribution < 1.29 is 18.7 Å². The van der Waals surface area contributed by atoms with Gasteiger partial charge in [0, 0.05) is 30.1 Å². The number of carbonyl (C=O) groups excluding carboxylic acids is 2. The lowest BCUT2D eigenvalue weighted by molar-refractivity contribution is -0.142. The molecule has 5 nitrogen and oxygen atoms in total. The Bertz CT molecular complexity index is 1080. The zero-order valence-corrected chi connectivity index (χ0v) is 19.8. The molecule has 0 saturated heterocycles. The molecular weight excluding hydrogens is 455 g/mol. The molecule has 0 aliphatic rings. The molecule has 3 aromatic carbocycles. The number of ether oxygens (including phenoxy) is 1. The Morgan fingerprint density at radius 3 is 2.35 bits per heavy atom. The normalized spacial score (nSPS) is 11.5. The number of benzene rings is 3. The molecule has 0 fully saturated rings. The van der Waals surface area contributed by atoms with E-state index in [1.807, 2.05) is 37.3 Å². The molecule has 178 valence electrons. The third kappa shape index (κ3) is 7.32. The van der Waals surface area contributed by atoms with Crippen LogP contribution in [0.2, 0.25) is 5.02 Å². The van der Waals surface area contributed by atoms with Gasteiger partial charge >= 0.3 is 0 Å². The highest BCUT2D eigenvalue weighted by atomic mass is 35.5. The predicted octanol–water partition coefficient (Wildman–Crippen LogP) is 5.02. The molecule has 34 heavy (non-hydrogen) atoms. The lowest BCUT2D eigenvalue weighted by atomic mass is 10.0. The molecule has 0 aliphatic carbocycles. The Balaban J connectivity index is 1.89. The monoisotopic (exact) mass is 482 g/mol. The van der Waals surface area contributed by atoms with Crippen molar-refractivity contribution >= 4 is 23.4 Å². The second-order valence-corrected chi connectivity index (χ2v) is 8.29. The molecule has 2 amide bonds. The van der Waals surface area contributed by atoms with Crippen molar-refractivity contribution in [2.45, 2.75) is 32.4 Å². The SMILES string of the molecule is CCCNC(=O)[C@H](Cc1ccccc1)N(Cc1ccccc1F)C(=O)COc1ccc(Cl)cc1. The van der Waals surface area contributed by atoms with E-state index in [9.17, 15) is 14.0 Å². The molecule has 0 radical (unpaired) electrons. The Labute approximate surface area is 204 Å². The topological polar surface area (TPSA) is 58.6 Å². The van der Waals surface area contributed by atoms with Crippen LogP contribution in [0.1, 0.15) is 24.5 Å². The van der Waals surface area contributed by atoms with E-state index >= 15 is 0 Å². The summed E-state index contributed by atoms with van der Waals surface area (Å²) in [4.78, 5) is 28.0. The van der Waals surface area contributed by atoms with Crippen molar-refractivity contribution in [1.29, 1.82) is 0 Å². The van der Waals surface area contributed by atoms with Gasteiger partial charge in [0.15, 0.2) is 6.61 Å². The van der Waals surface area contributed by atoms with Gasteiger partial charge in [0.1, 0.15) is 17.6 Å². The minimum absolute atomic E-state index is 0.0630. The second kappa shape index (κ2) is 12.8. The minimum Gasteiger partial charge on any atom is -0.484 e. The van der Waals surface area contributed by atoms with Gasteiger partial charge in [0.2, 0.25) is 5.91 Å². The number of carbonyl (C=O) groups is 2. The standard InChI is InChI=1S/C27H28ClFN2O3/c1-2-16-30-27(33)25(17-20-8-4-3-5-9-20)31(18-21-10-6-7-11-24(21)29)26(32)19-34-23-14-12-22(28)13-15-23/h3-15,25H,2,16-19H2,1H3,(H,30,33)/t25-/m0/s1. The van der Waals surface area contributed by atoms with Gasteiger partial charge in [-0.05, 0) is 42.3 Å². The Morgan fingerprint density at radius 1 is 1.00 bits per heavy atom. The van der Waals surface area contributed by atoms with E-state index in [0.717, 1.165) is 12.0 Å². The van der Waals surface area contributed by atoms with Gasteiger partial charge in [0.05, 0.1) is 0 Å². The summed E-state index contributed by atoms with van der Waals surface area (Å²) in [6.07, 6.45) is 1.04. The van der Waals surface area contributed by atoms with Crippen LogP contribution in [0.25, 0.3) is 0 Å². The van der Waals surface area contributed by atoms with Crippen LogP contribution in [0.15, 0.2) is 78.9 Å². The van der Waals surface area contributed by atoms with Crippen molar-refractivity contribution in [2.75, 3.05) is 13.2 Å². The molecule has 0 heterocycles. The highest BCUT2D eigenvalue weighted by Crippen LogP contribution is 2.19. The zero-order chi connectivity index (χ0) is 24.3. The van der Waals surface area contributed by atoms with Crippen molar-refractivity contribution in [1.82, 2.24) is 10.2 Å². The van der Waals surface area contributed by atoms with Gasteiger partial charge in [-0.3, -0.25) is 9.59 Å². The fourth-order valence-electron chi connectivity index (χ4n) is 3.49. The molecule has 3 aromatic rings. The molecule has 0 unspecified atom stereocenters. The highest BCUT2D eigenvalue weighted by Gasteiger charge is 2.31. The molecular formula is C27H28ClFN2O3. The molecule has 0 spiro atoms. The van der Waals surface area contributed by atoms with Gasteiger partial charge in [0.25, 0.3) is 5.91 Å². The van der Waals surface area contributed by atoms with E-state index < -0.39 is 17.8 Å². The Hall–Kier alpha value is -3.38. The van der Waals surface area contributed by atoms with Crippen LogP contribution in [0, 0.1) is 5.82 Å². The molecule has 3 rings (SSSR count). The average Bonchev–Trinajstić information content (AvgIpc) is 2.85. The Morgan fingerprint density at radius 2 is 1.68 bits per heavy atom. The summed E-state index contributed by atoms with van der Waals surface area (Å²) in [6, 6.07) is 21.5. The first-order valence-electron chi connectivity index (χ1n) is 11.2.